The zero-order valence-electron chi connectivity index (χ0n) is 9.98. The van der Waals surface area contributed by atoms with E-state index in [1.54, 1.807) is 0 Å². The van der Waals surface area contributed by atoms with E-state index in [0.717, 1.165) is 19.2 Å². The normalized spacial score (nSPS) is 10.2. The molecule has 0 saturated carbocycles. The van der Waals surface area contributed by atoms with Gasteiger partial charge in [0.25, 0.3) is 11.6 Å². The molecule has 0 bridgehead atoms. The van der Waals surface area contributed by atoms with Gasteiger partial charge < -0.3 is 14.8 Å². The zero-order valence-corrected chi connectivity index (χ0v) is 9.98. The maximum Gasteiger partial charge on any atom is 0.387 e. The number of nitrogens with one attached hydrogen (secondary N) is 1. The van der Waals surface area contributed by atoms with Crippen molar-refractivity contribution in [3.63, 3.8) is 0 Å². The van der Waals surface area contributed by atoms with Gasteiger partial charge in [-0.25, -0.2) is 0 Å². The molecule has 19 heavy (non-hydrogen) atoms. The van der Waals surface area contributed by atoms with Crippen molar-refractivity contribution in [1.29, 1.82) is 0 Å². The summed E-state index contributed by atoms with van der Waals surface area (Å²) in [5, 5.41) is 13.0. The van der Waals surface area contributed by atoms with Gasteiger partial charge in [-0.05, 0) is 0 Å². The molecule has 0 aromatic heterocycles. The highest BCUT2D eigenvalue weighted by Gasteiger charge is 2.25. The van der Waals surface area contributed by atoms with Gasteiger partial charge in [0.1, 0.15) is 5.56 Å². The Hall–Kier alpha value is -2.45. The Kier molecular flexibility index (Phi) is 4.56. The molecule has 0 radical (unpaired) electrons. The van der Waals surface area contributed by atoms with Crippen molar-refractivity contribution < 1.29 is 28.0 Å². The number of benzene rings is 1. The molecule has 0 aliphatic heterocycles. The van der Waals surface area contributed by atoms with Gasteiger partial charge >= 0.3 is 6.61 Å². The van der Waals surface area contributed by atoms with Gasteiger partial charge in [0.15, 0.2) is 11.5 Å². The predicted octanol–water partition coefficient (Wildman–Crippen LogP) is 1.56. The van der Waals surface area contributed by atoms with Crippen LogP contribution in [0.1, 0.15) is 10.4 Å². The molecule has 1 N–H and O–H groups in total. The molecule has 1 aromatic rings. The van der Waals surface area contributed by atoms with E-state index in [0.29, 0.717) is 0 Å². The number of hydrogen-bond acceptors (Lipinski definition) is 5. The van der Waals surface area contributed by atoms with Gasteiger partial charge in [-0.3, -0.25) is 14.9 Å². The molecule has 1 aromatic carbocycles. The lowest BCUT2D eigenvalue weighted by Crippen LogP contribution is -2.19. The largest absolute Gasteiger partial charge is 0.493 e. The lowest BCUT2D eigenvalue weighted by molar-refractivity contribution is -0.385. The van der Waals surface area contributed by atoms with E-state index < -0.39 is 28.9 Å². The van der Waals surface area contributed by atoms with E-state index in [2.05, 4.69) is 10.1 Å². The molecule has 9 heteroatoms. The molecule has 1 amide bonds. The first-order valence-electron chi connectivity index (χ1n) is 4.94. The second kappa shape index (κ2) is 5.94. The third kappa shape index (κ3) is 3.27. The Bertz CT molecular complexity index is 507. The van der Waals surface area contributed by atoms with Crippen LogP contribution < -0.4 is 14.8 Å². The third-order valence-electron chi connectivity index (χ3n) is 2.17. The number of nitrogens with zero attached hydrogens (tertiary/aromatic N) is 1. The summed E-state index contributed by atoms with van der Waals surface area (Å²) in [6.45, 7) is -3.17. The van der Waals surface area contributed by atoms with Gasteiger partial charge in [0.05, 0.1) is 18.1 Å². The minimum Gasteiger partial charge on any atom is -0.493 e. The number of nitro benzene ring substituents is 1. The van der Waals surface area contributed by atoms with Crippen LogP contribution in [0.4, 0.5) is 14.5 Å². The summed E-state index contributed by atoms with van der Waals surface area (Å²) in [6, 6.07) is 1.68. The summed E-state index contributed by atoms with van der Waals surface area (Å²) in [4.78, 5) is 21.4. The average molecular weight is 276 g/mol. The summed E-state index contributed by atoms with van der Waals surface area (Å²) in [5.74, 6) is -1.46. The van der Waals surface area contributed by atoms with Gasteiger partial charge in [0, 0.05) is 13.1 Å². The van der Waals surface area contributed by atoms with E-state index in [9.17, 15) is 23.7 Å². The minimum absolute atomic E-state index is 0.204. The summed E-state index contributed by atoms with van der Waals surface area (Å²) in [6.07, 6.45) is 0. The van der Waals surface area contributed by atoms with Crippen LogP contribution in [0.2, 0.25) is 0 Å². The van der Waals surface area contributed by atoms with Crippen LogP contribution >= 0.6 is 0 Å². The fraction of sp³-hybridized carbons (Fsp3) is 0.300. The quantitative estimate of drug-likeness (QED) is 0.651. The summed E-state index contributed by atoms with van der Waals surface area (Å²) >= 11 is 0. The summed E-state index contributed by atoms with van der Waals surface area (Å²) < 4.78 is 33.2. The van der Waals surface area contributed by atoms with Gasteiger partial charge in [-0.2, -0.15) is 8.78 Å². The van der Waals surface area contributed by atoms with E-state index in [1.165, 1.54) is 7.05 Å². The number of ether oxygens (including phenoxy) is 2. The van der Waals surface area contributed by atoms with Crippen molar-refractivity contribution in [1.82, 2.24) is 5.32 Å². The lowest BCUT2D eigenvalue weighted by atomic mass is 10.1. The highest BCUT2D eigenvalue weighted by molar-refractivity contribution is 5.98. The topological polar surface area (TPSA) is 90.7 Å². The van der Waals surface area contributed by atoms with Crippen molar-refractivity contribution in [2.45, 2.75) is 6.61 Å². The molecule has 1 rings (SSSR count). The number of carbonyl (C=O) groups is 1. The van der Waals surface area contributed by atoms with Crippen LogP contribution in [0.5, 0.6) is 11.5 Å². The van der Waals surface area contributed by atoms with Gasteiger partial charge in [-0.1, -0.05) is 0 Å². The first-order chi connectivity index (χ1) is 8.90. The third-order valence-corrected chi connectivity index (χ3v) is 2.17. The fourth-order valence-electron chi connectivity index (χ4n) is 1.36. The molecule has 0 unspecified atom stereocenters. The fourth-order valence-corrected chi connectivity index (χ4v) is 1.36. The van der Waals surface area contributed by atoms with Crippen LogP contribution in [-0.2, 0) is 0 Å². The number of nitro groups is 1. The predicted molar refractivity (Wildman–Crippen MR) is 59.7 cm³/mol. The van der Waals surface area contributed by atoms with Crippen LogP contribution in [-0.4, -0.2) is 31.6 Å². The van der Waals surface area contributed by atoms with Crippen LogP contribution in [0.3, 0.4) is 0 Å². The van der Waals surface area contributed by atoms with E-state index in [4.69, 9.17) is 4.74 Å². The summed E-state index contributed by atoms with van der Waals surface area (Å²) in [5.41, 5.74) is -0.971. The SMILES string of the molecule is CNC(=O)c1cc(OC)c(OC(F)F)cc1[N+](=O)[O-]. The monoisotopic (exact) mass is 276 g/mol. The molecule has 0 aliphatic rings. The number of carbonyl (C=O) groups excluding carboxylic acids is 1. The molecule has 0 atom stereocenters. The standard InChI is InChI=1S/C10H10F2N2O5/c1-13-9(15)5-3-7(18-2)8(19-10(11)12)4-6(5)14(16)17/h3-4,10H,1-2H3,(H,13,15). The first kappa shape index (κ1) is 14.6. The maximum atomic E-state index is 12.2. The Morgan fingerprint density at radius 1 is 1.42 bits per heavy atom. The maximum absolute atomic E-state index is 12.2. The average Bonchev–Trinajstić information content (AvgIpc) is 2.36. The van der Waals surface area contributed by atoms with E-state index >= 15 is 0 Å². The molecule has 0 saturated heterocycles. The highest BCUT2D eigenvalue weighted by atomic mass is 19.3. The van der Waals surface area contributed by atoms with Crippen molar-refractivity contribution in [3.8, 4) is 11.5 Å². The minimum atomic E-state index is -3.17. The molecular formula is C10H10F2N2O5. The molecule has 7 nitrogen and oxygen atoms in total. The van der Waals surface area contributed by atoms with Crippen molar-refractivity contribution in [2.24, 2.45) is 0 Å². The van der Waals surface area contributed by atoms with Crippen molar-refractivity contribution >= 4 is 11.6 Å². The van der Waals surface area contributed by atoms with E-state index in [-0.39, 0.29) is 11.3 Å². The molecule has 104 valence electrons. The Labute approximate surface area is 106 Å². The van der Waals surface area contributed by atoms with Gasteiger partial charge in [-0.15, -0.1) is 0 Å². The Balaban J connectivity index is 3.41. The number of methoxy groups -OCH3 is 1. The van der Waals surface area contributed by atoms with Crippen molar-refractivity contribution in [2.75, 3.05) is 14.2 Å². The number of rotatable bonds is 5. The number of amides is 1. The lowest BCUT2D eigenvalue weighted by Gasteiger charge is -2.11. The Morgan fingerprint density at radius 2 is 2.05 bits per heavy atom. The molecule has 0 spiro atoms. The number of halogens is 2. The van der Waals surface area contributed by atoms with Crippen LogP contribution in [0, 0.1) is 10.1 Å². The molecular weight excluding hydrogens is 266 g/mol. The van der Waals surface area contributed by atoms with Crippen LogP contribution in [0.15, 0.2) is 12.1 Å². The molecule has 0 heterocycles. The second-order valence-corrected chi connectivity index (χ2v) is 3.23. The summed E-state index contributed by atoms with van der Waals surface area (Å²) in [7, 11) is 2.44. The zero-order chi connectivity index (χ0) is 14.6. The van der Waals surface area contributed by atoms with Gasteiger partial charge in [0.2, 0.25) is 0 Å². The smallest absolute Gasteiger partial charge is 0.387 e. The van der Waals surface area contributed by atoms with E-state index in [1.807, 2.05) is 0 Å². The molecule has 0 aliphatic carbocycles. The number of alkyl halides is 2. The van der Waals surface area contributed by atoms with Crippen LogP contribution in [0.25, 0.3) is 0 Å². The first-order valence-corrected chi connectivity index (χ1v) is 4.94. The van der Waals surface area contributed by atoms with Crippen molar-refractivity contribution in [3.05, 3.63) is 27.8 Å². The highest BCUT2D eigenvalue weighted by Crippen LogP contribution is 2.35. The Morgan fingerprint density at radius 3 is 2.47 bits per heavy atom. The number of hydrogen-bond donors (Lipinski definition) is 1. The second-order valence-electron chi connectivity index (χ2n) is 3.23. The molecule has 0 fully saturated rings.